The quantitative estimate of drug-likeness (QED) is 0.250. The van der Waals surface area contributed by atoms with Crippen molar-refractivity contribution in [3.63, 3.8) is 0 Å². The van der Waals surface area contributed by atoms with Gasteiger partial charge in [0.15, 0.2) is 0 Å². The highest BCUT2D eigenvalue weighted by Gasteiger charge is 2.07. The molecule has 0 aliphatic carbocycles. The predicted octanol–water partition coefficient (Wildman–Crippen LogP) is 1.35. The highest BCUT2D eigenvalue weighted by molar-refractivity contribution is 8.76. The van der Waals surface area contributed by atoms with Gasteiger partial charge in [-0.1, -0.05) is 21.6 Å². The van der Waals surface area contributed by atoms with Gasteiger partial charge in [0.25, 0.3) is 0 Å². The van der Waals surface area contributed by atoms with E-state index in [1.807, 2.05) is 6.26 Å². The van der Waals surface area contributed by atoms with Crippen LogP contribution in [0.4, 0.5) is 0 Å². The summed E-state index contributed by atoms with van der Waals surface area (Å²) in [6.45, 7) is 1.86. The summed E-state index contributed by atoms with van der Waals surface area (Å²) in [5.74, 6) is 1.78. The van der Waals surface area contributed by atoms with Crippen LogP contribution in [0.5, 0.6) is 0 Å². The van der Waals surface area contributed by atoms with Crippen molar-refractivity contribution in [1.82, 2.24) is 10.6 Å². The number of carbonyl (C=O) groups excluding carboxylic acids is 3. The van der Waals surface area contributed by atoms with Crippen LogP contribution >= 0.6 is 33.3 Å². The van der Waals surface area contributed by atoms with Crippen LogP contribution in [0, 0.1) is 0 Å². The number of carbonyl (C=O) groups is 3. The molecule has 0 aliphatic rings. The molecule has 23 heavy (non-hydrogen) atoms. The molecule has 0 spiro atoms. The Morgan fingerprint density at radius 1 is 1.00 bits per heavy atom. The van der Waals surface area contributed by atoms with Crippen LogP contribution in [-0.4, -0.2) is 67.4 Å². The van der Waals surface area contributed by atoms with Crippen LogP contribution in [0.1, 0.15) is 21.1 Å². The molecule has 0 atom stereocenters. The first-order valence-electron chi connectivity index (χ1n) is 7.96. The SMILES string of the molecule is [3H]CC(=O)CCOCCSSCCNC(=O)CC(=O)NCCSC. The molecule has 0 fully saturated rings. The van der Waals surface area contributed by atoms with Gasteiger partial charge in [-0.15, -0.1) is 0 Å². The third-order valence-corrected chi connectivity index (χ3v) is 5.36. The van der Waals surface area contributed by atoms with Gasteiger partial charge in [0.05, 0.1) is 13.2 Å². The van der Waals surface area contributed by atoms with Crippen molar-refractivity contribution in [2.45, 2.75) is 19.7 Å². The first kappa shape index (κ1) is 20.7. The van der Waals surface area contributed by atoms with Gasteiger partial charge in [-0.25, -0.2) is 0 Å². The van der Waals surface area contributed by atoms with Crippen LogP contribution in [0.3, 0.4) is 0 Å². The molecule has 6 nitrogen and oxygen atoms in total. The minimum Gasteiger partial charge on any atom is -0.380 e. The fraction of sp³-hybridized carbons (Fsp3) is 0.786. The van der Waals surface area contributed by atoms with E-state index in [0.29, 0.717) is 32.7 Å². The maximum atomic E-state index is 11.5. The topological polar surface area (TPSA) is 84.5 Å². The smallest absolute Gasteiger partial charge is 0.229 e. The van der Waals surface area contributed by atoms with E-state index in [4.69, 9.17) is 6.11 Å². The molecule has 0 saturated carbocycles. The molecule has 0 rings (SSSR count). The molecular weight excluding hydrogens is 356 g/mol. The van der Waals surface area contributed by atoms with E-state index in [1.54, 1.807) is 33.3 Å². The van der Waals surface area contributed by atoms with Gasteiger partial charge >= 0.3 is 0 Å². The summed E-state index contributed by atoms with van der Waals surface area (Å²) in [4.78, 5) is 33.8. The van der Waals surface area contributed by atoms with Crippen molar-refractivity contribution < 1.29 is 20.5 Å². The zero-order valence-electron chi connectivity index (χ0n) is 14.4. The zero-order chi connectivity index (χ0) is 18.0. The number of amides is 2. The maximum absolute atomic E-state index is 11.5. The Kier molecular flexibility index (Phi) is 14.8. The monoisotopic (exact) mass is 384 g/mol. The Labute approximate surface area is 151 Å². The molecule has 0 saturated heterocycles. The summed E-state index contributed by atoms with van der Waals surface area (Å²) in [7, 11) is 3.26. The van der Waals surface area contributed by atoms with Gasteiger partial charge in [0.1, 0.15) is 12.2 Å². The summed E-state index contributed by atoms with van der Waals surface area (Å²) in [6.07, 6.45) is 2.14. The Hall–Kier alpha value is -0.380. The van der Waals surface area contributed by atoms with Crippen molar-refractivity contribution in [1.29, 1.82) is 0 Å². The highest BCUT2D eigenvalue weighted by Crippen LogP contribution is 2.19. The van der Waals surface area contributed by atoms with Crippen LogP contribution in [0.2, 0.25) is 0 Å². The Morgan fingerprint density at radius 2 is 1.65 bits per heavy atom. The van der Waals surface area contributed by atoms with E-state index in [1.165, 1.54) is 0 Å². The lowest BCUT2D eigenvalue weighted by Gasteiger charge is -2.06. The lowest BCUT2D eigenvalue weighted by Crippen LogP contribution is -2.33. The summed E-state index contributed by atoms with van der Waals surface area (Å²) >= 11 is 1.64. The molecule has 0 heterocycles. The number of thioether (sulfide) groups is 1. The minimum absolute atomic E-state index is 0.106. The van der Waals surface area contributed by atoms with Gasteiger partial charge < -0.3 is 15.4 Å². The fourth-order valence-electron chi connectivity index (χ4n) is 1.29. The number of ketones is 1. The van der Waals surface area contributed by atoms with Crippen molar-refractivity contribution >= 4 is 50.9 Å². The van der Waals surface area contributed by atoms with Crippen molar-refractivity contribution in [3.05, 3.63) is 0 Å². The lowest BCUT2D eigenvalue weighted by molar-refractivity contribution is -0.129. The van der Waals surface area contributed by atoms with Crippen LogP contribution in [-0.2, 0) is 19.1 Å². The molecule has 134 valence electrons. The van der Waals surface area contributed by atoms with Crippen molar-refractivity contribution in [3.8, 4) is 0 Å². The third kappa shape index (κ3) is 17.8. The summed E-state index contributed by atoms with van der Waals surface area (Å²) in [5.41, 5.74) is 0. The predicted molar refractivity (Wildman–Crippen MR) is 100 cm³/mol. The average molecular weight is 385 g/mol. The van der Waals surface area contributed by atoms with Crippen LogP contribution < -0.4 is 10.6 Å². The van der Waals surface area contributed by atoms with Crippen molar-refractivity contribution in [2.75, 3.05) is 49.8 Å². The lowest BCUT2D eigenvalue weighted by atomic mass is 10.3. The second-order valence-electron chi connectivity index (χ2n) is 4.41. The number of Topliss-reactive ketones (excluding diaryl/α,β-unsaturated/α-hetero) is 1. The maximum Gasteiger partial charge on any atom is 0.229 e. The van der Waals surface area contributed by atoms with E-state index in [9.17, 15) is 14.4 Å². The summed E-state index contributed by atoms with van der Waals surface area (Å²) in [5, 5.41) is 5.39. The Bertz CT molecular complexity index is 376. The average Bonchev–Trinajstić information content (AvgIpc) is 2.56. The van der Waals surface area contributed by atoms with Gasteiger partial charge in [-0.3, -0.25) is 14.4 Å². The largest absolute Gasteiger partial charge is 0.380 e. The number of ether oxygens (including phenoxy) is 1. The Balaban J connectivity index is 3.33. The van der Waals surface area contributed by atoms with Gasteiger partial charge in [-0.2, -0.15) is 11.8 Å². The standard InChI is InChI=1S/C14H26N2O4S3/c1-12(17)3-6-20-7-10-23-22-9-5-16-14(19)11-13(18)15-4-8-21-2/h3-11H2,1-2H3,(H,15,18)(H,16,19)/i1T. The molecule has 0 aromatic carbocycles. The molecule has 0 aromatic heterocycles. The Morgan fingerprint density at radius 3 is 2.30 bits per heavy atom. The molecule has 0 unspecified atom stereocenters. The molecule has 0 radical (unpaired) electrons. The van der Waals surface area contributed by atoms with Crippen LogP contribution in [0.15, 0.2) is 0 Å². The van der Waals surface area contributed by atoms with E-state index in [-0.39, 0.29) is 30.9 Å². The molecule has 0 bridgehead atoms. The van der Waals surface area contributed by atoms with Crippen LogP contribution in [0.25, 0.3) is 0 Å². The number of hydrogen-bond acceptors (Lipinski definition) is 7. The molecule has 0 aliphatic heterocycles. The molecule has 9 heteroatoms. The van der Waals surface area contributed by atoms with E-state index < -0.39 is 0 Å². The first-order chi connectivity index (χ1) is 11.6. The molecule has 0 aromatic rings. The highest BCUT2D eigenvalue weighted by atomic mass is 33.1. The van der Waals surface area contributed by atoms with Gasteiger partial charge in [0, 0.05) is 38.1 Å². The minimum atomic E-state index is -0.260. The fourth-order valence-corrected chi connectivity index (χ4v) is 3.37. The number of hydrogen-bond donors (Lipinski definition) is 2. The van der Waals surface area contributed by atoms with E-state index in [2.05, 4.69) is 10.6 Å². The molecular formula is C14H26N2O4S3. The molecule has 2 amide bonds. The second-order valence-corrected chi connectivity index (χ2v) is 8.10. The second kappa shape index (κ2) is 16.5. The third-order valence-electron chi connectivity index (χ3n) is 2.38. The zero-order valence-corrected chi connectivity index (χ0v) is 15.9. The number of nitrogens with one attached hydrogen (secondary N) is 2. The summed E-state index contributed by atoms with van der Waals surface area (Å²) in [6, 6.07) is 0. The van der Waals surface area contributed by atoms with Gasteiger partial charge in [0.2, 0.25) is 11.8 Å². The van der Waals surface area contributed by atoms with Gasteiger partial charge in [-0.05, 0) is 13.2 Å². The number of rotatable bonds is 15. The summed E-state index contributed by atoms with van der Waals surface area (Å²) < 4.78 is 12.1. The first-order valence-corrected chi connectivity index (χ1v) is 11.1. The van der Waals surface area contributed by atoms with Crippen molar-refractivity contribution in [2.24, 2.45) is 0 Å². The van der Waals surface area contributed by atoms with E-state index in [0.717, 1.165) is 17.3 Å². The molecule has 2 N–H and O–H groups in total. The normalized spacial score (nSPS) is 10.9. The van der Waals surface area contributed by atoms with E-state index >= 15 is 0 Å².